The molecule has 150 valence electrons. The summed E-state index contributed by atoms with van der Waals surface area (Å²) in [5.74, 6) is -0.762. The molecular weight excluding hydrogens is 396 g/mol. The number of aryl methyl sites for hydroxylation is 3. The van der Waals surface area contributed by atoms with Crippen molar-refractivity contribution in [1.29, 1.82) is 0 Å². The summed E-state index contributed by atoms with van der Waals surface area (Å²) < 4.78 is 2.90. The van der Waals surface area contributed by atoms with Crippen LogP contribution in [0, 0.1) is 34.1 Å². The van der Waals surface area contributed by atoms with E-state index in [0.29, 0.717) is 11.3 Å². The van der Waals surface area contributed by atoms with Crippen LogP contribution in [0.5, 0.6) is 0 Å². The number of benzene rings is 2. The van der Waals surface area contributed by atoms with Crippen molar-refractivity contribution in [2.24, 2.45) is 4.99 Å². The third-order valence-electron chi connectivity index (χ3n) is 4.51. The van der Waals surface area contributed by atoms with Crippen LogP contribution >= 0.6 is 11.3 Å². The first kappa shape index (κ1) is 20.3. The molecule has 0 atom stereocenters. The first-order chi connectivity index (χ1) is 13.7. The maximum Gasteiger partial charge on any atom is 0.280 e. The smallest absolute Gasteiger partial charge is 0.280 e. The second kappa shape index (κ2) is 7.92. The average molecular weight is 414 g/mol. The number of nitro groups is 2. The quantitative estimate of drug-likeness (QED) is 0.455. The molecule has 0 aliphatic heterocycles. The van der Waals surface area contributed by atoms with Gasteiger partial charge in [0.05, 0.1) is 31.7 Å². The zero-order valence-electron chi connectivity index (χ0n) is 16.0. The Labute approximate surface area is 169 Å². The number of fused-ring (bicyclic) bond motifs is 1. The van der Waals surface area contributed by atoms with E-state index in [1.54, 1.807) is 0 Å². The zero-order chi connectivity index (χ0) is 21.3. The number of aromatic nitrogens is 1. The Kier molecular flexibility index (Phi) is 5.55. The number of carbonyl (C=O) groups excluding carboxylic acids is 1. The van der Waals surface area contributed by atoms with Gasteiger partial charge < -0.3 is 4.57 Å². The molecule has 3 aromatic rings. The van der Waals surface area contributed by atoms with Gasteiger partial charge in [-0.15, -0.1) is 0 Å². The van der Waals surface area contributed by atoms with Gasteiger partial charge in [-0.1, -0.05) is 18.3 Å². The molecule has 0 N–H and O–H groups in total. The number of rotatable bonds is 5. The summed E-state index contributed by atoms with van der Waals surface area (Å²) in [4.78, 5) is 37.9. The monoisotopic (exact) mass is 414 g/mol. The van der Waals surface area contributed by atoms with Crippen molar-refractivity contribution in [2.45, 2.75) is 33.7 Å². The van der Waals surface area contributed by atoms with Gasteiger partial charge >= 0.3 is 0 Å². The van der Waals surface area contributed by atoms with Crippen molar-refractivity contribution >= 4 is 38.8 Å². The molecule has 29 heavy (non-hydrogen) atoms. The van der Waals surface area contributed by atoms with Gasteiger partial charge in [-0.25, -0.2) is 0 Å². The summed E-state index contributed by atoms with van der Waals surface area (Å²) in [7, 11) is 0. The van der Waals surface area contributed by atoms with Crippen LogP contribution in [0.2, 0.25) is 0 Å². The molecule has 1 heterocycles. The van der Waals surface area contributed by atoms with Gasteiger partial charge in [0.1, 0.15) is 0 Å². The van der Waals surface area contributed by atoms with Crippen molar-refractivity contribution in [3.63, 3.8) is 0 Å². The summed E-state index contributed by atoms with van der Waals surface area (Å²) in [5, 5.41) is 22.1. The van der Waals surface area contributed by atoms with Crippen molar-refractivity contribution in [2.75, 3.05) is 0 Å². The number of hydrogen-bond donors (Lipinski definition) is 0. The number of amides is 1. The molecular formula is C19H18N4O5S. The molecule has 9 nitrogen and oxygen atoms in total. The second-order valence-corrected chi connectivity index (χ2v) is 7.62. The summed E-state index contributed by atoms with van der Waals surface area (Å²) in [6.07, 6.45) is 0.822. The number of nitrogens with zero attached hydrogens (tertiary/aromatic N) is 4. The van der Waals surface area contributed by atoms with E-state index in [1.807, 2.05) is 37.5 Å². The number of hydrogen-bond acceptors (Lipinski definition) is 6. The fourth-order valence-corrected chi connectivity index (χ4v) is 4.06. The molecule has 0 saturated carbocycles. The number of non-ortho nitro benzene ring substituents is 2. The molecule has 0 aliphatic rings. The SMILES string of the molecule is CCCn1c(=NC(=O)c2cc([N+](=O)[O-])cc([N+](=O)[O-])c2)sc2cc(C)c(C)cc21. The largest absolute Gasteiger partial charge is 0.316 e. The highest BCUT2D eigenvalue weighted by molar-refractivity contribution is 7.16. The summed E-state index contributed by atoms with van der Waals surface area (Å²) >= 11 is 1.34. The zero-order valence-corrected chi connectivity index (χ0v) is 16.9. The molecule has 1 amide bonds. The highest BCUT2D eigenvalue weighted by Crippen LogP contribution is 2.24. The Morgan fingerprint density at radius 2 is 1.62 bits per heavy atom. The highest BCUT2D eigenvalue weighted by atomic mass is 32.1. The standard InChI is InChI=1S/C19H18N4O5S/c1-4-5-21-16-6-11(2)12(3)7-17(16)29-19(21)20-18(24)13-8-14(22(25)26)10-15(9-13)23(27)28/h6-10H,4-5H2,1-3H3. The number of nitro benzene ring substituents is 2. The van der Waals surface area contributed by atoms with Crippen LogP contribution in [-0.2, 0) is 6.54 Å². The van der Waals surface area contributed by atoms with Crippen molar-refractivity contribution in [1.82, 2.24) is 4.57 Å². The van der Waals surface area contributed by atoms with E-state index in [-0.39, 0.29) is 5.56 Å². The lowest BCUT2D eigenvalue weighted by Crippen LogP contribution is -2.17. The Morgan fingerprint density at radius 1 is 1.03 bits per heavy atom. The van der Waals surface area contributed by atoms with E-state index in [0.717, 1.165) is 46.0 Å². The number of carbonyl (C=O) groups is 1. The van der Waals surface area contributed by atoms with E-state index in [2.05, 4.69) is 4.99 Å². The normalized spacial score (nSPS) is 11.8. The Bertz CT molecular complexity index is 1190. The van der Waals surface area contributed by atoms with Crippen LogP contribution in [-0.4, -0.2) is 20.3 Å². The molecule has 10 heteroatoms. The minimum atomic E-state index is -0.772. The van der Waals surface area contributed by atoms with E-state index < -0.39 is 27.1 Å². The molecule has 0 unspecified atom stereocenters. The van der Waals surface area contributed by atoms with Gasteiger partial charge in [-0.3, -0.25) is 25.0 Å². The van der Waals surface area contributed by atoms with Gasteiger partial charge in [0, 0.05) is 18.7 Å². The lowest BCUT2D eigenvalue weighted by atomic mass is 10.1. The second-order valence-electron chi connectivity index (χ2n) is 6.61. The third-order valence-corrected chi connectivity index (χ3v) is 5.55. The lowest BCUT2D eigenvalue weighted by Gasteiger charge is -2.05. The summed E-state index contributed by atoms with van der Waals surface area (Å²) in [5.41, 5.74) is 1.95. The van der Waals surface area contributed by atoms with Crippen molar-refractivity contribution in [3.8, 4) is 0 Å². The van der Waals surface area contributed by atoms with Gasteiger partial charge in [0.25, 0.3) is 17.3 Å². The van der Waals surface area contributed by atoms with E-state index >= 15 is 0 Å². The van der Waals surface area contributed by atoms with Crippen molar-refractivity contribution in [3.05, 3.63) is 72.1 Å². The van der Waals surface area contributed by atoms with Crippen LogP contribution in [0.3, 0.4) is 0 Å². The molecule has 0 fully saturated rings. The Balaban J connectivity index is 2.18. The molecule has 3 rings (SSSR count). The summed E-state index contributed by atoms with van der Waals surface area (Å²) in [6.45, 7) is 6.66. The third kappa shape index (κ3) is 4.06. The Morgan fingerprint density at radius 3 is 2.17 bits per heavy atom. The van der Waals surface area contributed by atoms with Crippen molar-refractivity contribution < 1.29 is 14.6 Å². The maximum atomic E-state index is 12.7. The maximum absolute atomic E-state index is 12.7. The average Bonchev–Trinajstić information content (AvgIpc) is 2.98. The molecule has 0 radical (unpaired) electrons. The van der Waals surface area contributed by atoms with E-state index in [9.17, 15) is 25.0 Å². The first-order valence-electron chi connectivity index (χ1n) is 8.84. The fraction of sp³-hybridized carbons (Fsp3) is 0.263. The molecule has 1 aromatic heterocycles. The highest BCUT2D eigenvalue weighted by Gasteiger charge is 2.20. The van der Waals surface area contributed by atoms with Gasteiger partial charge in [-0.05, 0) is 43.5 Å². The fourth-order valence-electron chi connectivity index (χ4n) is 2.93. The first-order valence-corrected chi connectivity index (χ1v) is 9.66. The van der Waals surface area contributed by atoms with Gasteiger partial charge in [-0.2, -0.15) is 4.99 Å². The topological polar surface area (TPSA) is 121 Å². The summed E-state index contributed by atoms with van der Waals surface area (Å²) in [6, 6.07) is 6.90. The van der Waals surface area contributed by atoms with Crippen LogP contribution in [0.4, 0.5) is 11.4 Å². The minimum Gasteiger partial charge on any atom is -0.316 e. The molecule has 0 spiro atoms. The molecule has 0 saturated heterocycles. The van der Waals surface area contributed by atoms with Gasteiger partial charge in [0.2, 0.25) is 0 Å². The molecule has 0 bridgehead atoms. The predicted molar refractivity (Wildman–Crippen MR) is 109 cm³/mol. The predicted octanol–water partition coefficient (Wildman–Crippen LogP) is 4.29. The molecule has 2 aromatic carbocycles. The van der Waals surface area contributed by atoms with Crippen LogP contribution in [0.1, 0.15) is 34.8 Å². The lowest BCUT2D eigenvalue weighted by molar-refractivity contribution is -0.394. The van der Waals surface area contributed by atoms with Crippen LogP contribution < -0.4 is 4.80 Å². The number of thiazole rings is 1. The van der Waals surface area contributed by atoms with Crippen LogP contribution in [0.15, 0.2) is 35.3 Å². The van der Waals surface area contributed by atoms with E-state index in [4.69, 9.17) is 0 Å². The minimum absolute atomic E-state index is 0.196. The Hall–Kier alpha value is -3.40. The van der Waals surface area contributed by atoms with E-state index in [1.165, 1.54) is 11.3 Å². The van der Waals surface area contributed by atoms with Gasteiger partial charge in [0.15, 0.2) is 4.80 Å². The molecule has 0 aliphatic carbocycles. The van der Waals surface area contributed by atoms with Crippen LogP contribution in [0.25, 0.3) is 10.2 Å².